The molecule has 2 atom stereocenters. The molecule has 0 radical (unpaired) electrons. The van der Waals surface area contributed by atoms with Gasteiger partial charge in [0.25, 0.3) is 5.91 Å². The van der Waals surface area contributed by atoms with Gasteiger partial charge < -0.3 is 10.0 Å². The number of nitrogens with zero attached hydrogens (tertiary/aromatic N) is 1. The van der Waals surface area contributed by atoms with Crippen LogP contribution in [0.2, 0.25) is 0 Å². The molecular formula is C15H19NO3. The summed E-state index contributed by atoms with van der Waals surface area (Å²) < 4.78 is 0. The van der Waals surface area contributed by atoms with Gasteiger partial charge in [-0.3, -0.25) is 4.79 Å². The number of likely N-dealkylation sites (tertiary alicyclic amines) is 1. The maximum atomic E-state index is 12.5. The van der Waals surface area contributed by atoms with Crippen LogP contribution in [0.5, 0.6) is 0 Å². The SMILES string of the molecule is Cc1cccc(C(=O)N2CCC(C)C2C(=O)O)c1C. The molecule has 0 aliphatic carbocycles. The van der Waals surface area contributed by atoms with Gasteiger partial charge >= 0.3 is 5.97 Å². The van der Waals surface area contributed by atoms with Gasteiger partial charge in [-0.1, -0.05) is 19.1 Å². The first-order chi connectivity index (χ1) is 8.93. The summed E-state index contributed by atoms with van der Waals surface area (Å²) in [7, 11) is 0. The van der Waals surface area contributed by atoms with Gasteiger partial charge in [0, 0.05) is 12.1 Å². The number of carbonyl (C=O) groups is 2. The van der Waals surface area contributed by atoms with Crippen molar-refractivity contribution >= 4 is 11.9 Å². The van der Waals surface area contributed by atoms with Gasteiger partial charge in [-0.25, -0.2) is 4.79 Å². The zero-order chi connectivity index (χ0) is 14.2. The molecule has 1 aromatic rings. The van der Waals surface area contributed by atoms with Crippen molar-refractivity contribution in [3.8, 4) is 0 Å². The third-order valence-corrected chi connectivity index (χ3v) is 4.05. The molecule has 1 aliphatic rings. The van der Waals surface area contributed by atoms with E-state index >= 15 is 0 Å². The number of aryl methyl sites for hydroxylation is 1. The summed E-state index contributed by atoms with van der Waals surface area (Å²) in [5.41, 5.74) is 2.58. The number of aliphatic carboxylic acids is 1. The minimum atomic E-state index is -0.913. The fraction of sp³-hybridized carbons (Fsp3) is 0.467. The highest BCUT2D eigenvalue weighted by Gasteiger charge is 2.40. The van der Waals surface area contributed by atoms with Gasteiger partial charge in [0.1, 0.15) is 6.04 Å². The summed E-state index contributed by atoms with van der Waals surface area (Å²) in [6, 6.07) is 4.86. The second kappa shape index (κ2) is 5.03. The van der Waals surface area contributed by atoms with E-state index in [9.17, 15) is 14.7 Å². The van der Waals surface area contributed by atoms with Gasteiger partial charge in [0.15, 0.2) is 0 Å². The maximum Gasteiger partial charge on any atom is 0.326 e. The highest BCUT2D eigenvalue weighted by atomic mass is 16.4. The van der Waals surface area contributed by atoms with E-state index in [1.165, 1.54) is 4.90 Å². The van der Waals surface area contributed by atoms with Crippen molar-refractivity contribution in [2.75, 3.05) is 6.54 Å². The van der Waals surface area contributed by atoms with Crippen molar-refractivity contribution in [3.05, 3.63) is 34.9 Å². The summed E-state index contributed by atoms with van der Waals surface area (Å²) in [5.74, 6) is -1.08. The Balaban J connectivity index is 2.34. The van der Waals surface area contributed by atoms with Crippen LogP contribution in [0.25, 0.3) is 0 Å². The lowest BCUT2D eigenvalue weighted by Crippen LogP contribution is -2.43. The van der Waals surface area contributed by atoms with Gasteiger partial charge in [-0.2, -0.15) is 0 Å². The van der Waals surface area contributed by atoms with E-state index in [1.807, 2.05) is 32.9 Å². The second-order valence-corrected chi connectivity index (χ2v) is 5.30. The zero-order valence-corrected chi connectivity index (χ0v) is 11.5. The molecule has 1 amide bonds. The molecule has 1 heterocycles. The Morgan fingerprint density at radius 3 is 2.63 bits per heavy atom. The number of amides is 1. The van der Waals surface area contributed by atoms with Crippen LogP contribution in [0.3, 0.4) is 0 Å². The van der Waals surface area contributed by atoms with Crippen LogP contribution in [-0.2, 0) is 4.79 Å². The quantitative estimate of drug-likeness (QED) is 0.888. The van der Waals surface area contributed by atoms with Crippen molar-refractivity contribution in [2.24, 2.45) is 5.92 Å². The highest BCUT2D eigenvalue weighted by Crippen LogP contribution is 2.27. The Kier molecular flexibility index (Phi) is 3.60. The summed E-state index contributed by atoms with van der Waals surface area (Å²) in [5, 5.41) is 9.28. The Hall–Kier alpha value is -1.84. The molecule has 1 saturated heterocycles. The molecule has 19 heavy (non-hydrogen) atoms. The number of rotatable bonds is 2. The molecule has 0 aromatic heterocycles. The fourth-order valence-electron chi connectivity index (χ4n) is 2.69. The molecule has 4 heteroatoms. The molecule has 0 spiro atoms. The smallest absolute Gasteiger partial charge is 0.326 e. The maximum absolute atomic E-state index is 12.5. The first kappa shape index (κ1) is 13.6. The Morgan fingerprint density at radius 2 is 2.00 bits per heavy atom. The third kappa shape index (κ3) is 2.35. The summed E-state index contributed by atoms with van der Waals surface area (Å²) >= 11 is 0. The molecule has 2 unspecified atom stereocenters. The molecule has 1 N–H and O–H groups in total. The predicted octanol–water partition coefficient (Wildman–Crippen LogP) is 2.24. The average Bonchev–Trinajstić information content (AvgIpc) is 2.74. The topological polar surface area (TPSA) is 57.6 Å². The third-order valence-electron chi connectivity index (χ3n) is 4.05. The predicted molar refractivity (Wildman–Crippen MR) is 72.2 cm³/mol. The number of hydrogen-bond donors (Lipinski definition) is 1. The van der Waals surface area contributed by atoms with Crippen LogP contribution in [0.1, 0.15) is 34.8 Å². The number of carboxylic acids is 1. The minimum absolute atomic E-state index is 0.00608. The monoisotopic (exact) mass is 261 g/mol. The normalized spacial score (nSPS) is 22.6. The van der Waals surface area contributed by atoms with E-state index in [-0.39, 0.29) is 11.8 Å². The number of benzene rings is 1. The average molecular weight is 261 g/mol. The molecule has 1 aliphatic heterocycles. The number of carbonyl (C=O) groups excluding carboxylic acids is 1. The van der Waals surface area contributed by atoms with Crippen LogP contribution < -0.4 is 0 Å². The zero-order valence-electron chi connectivity index (χ0n) is 11.5. The van der Waals surface area contributed by atoms with Crippen LogP contribution in [0.4, 0.5) is 0 Å². The number of hydrogen-bond acceptors (Lipinski definition) is 2. The van der Waals surface area contributed by atoms with E-state index < -0.39 is 12.0 Å². The summed E-state index contributed by atoms with van der Waals surface area (Å²) in [6.07, 6.45) is 0.744. The standard InChI is InChI=1S/C15H19NO3/c1-9-5-4-6-12(11(9)3)14(17)16-8-7-10(2)13(16)15(18)19/h4-6,10,13H,7-8H2,1-3H3,(H,18,19). The molecule has 0 saturated carbocycles. The summed E-state index contributed by atoms with van der Waals surface area (Å²) in [6.45, 7) is 6.25. The molecule has 0 bridgehead atoms. The van der Waals surface area contributed by atoms with Crippen LogP contribution in [-0.4, -0.2) is 34.5 Å². The molecule has 1 fully saturated rings. The van der Waals surface area contributed by atoms with Crippen molar-refractivity contribution in [2.45, 2.75) is 33.2 Å². The van der Waals surface area contributed by atoms with Crippen LogP contribution >= 0.6 is 0 Å². The Bertz CT molecular complexity index is 524. The molecule has 102 valence electrons. The Morgan fingerprint density at radius 1 is 1.32 bits per heavy atom. The largest absolute Gasteiger partial charge is 0.480 e. The lowest BCUT2D eigenvalue weighted by Gasteiger charge is -2.24. The second-order valence-electron chi connectivity index (χ2n) is 5.30. The van der Waals surface area contributed by atoms with E-state index in [4.69, 9.17) is 0 Å². The first-order valence-electron chi connectivity index (χ1n) is 6.53. The van der Waals surface area contributed by atoms with E-state index in [0.717, 1.165) is 17.5 Å². The van der Waals surface area contributed by atoms with Crippen LogP contribution in [0.15, 0.2) is 18.2 Å². The molecular weight excluding hydrogens is 242 g/mol. The van der Waals surface area contributed by atoms with Crippen molar-refractivity contribution < 1.29 is 14.7 Å². The molecule has 2 rings (SSSR count). The molecule has 1 aromatic carbocycles. The lowest BCUT2D eigenvalue weighted by atomic mass is 10.0. The van der Waals surface area contributed by atoms with Gasteiger partial charge in [0.05, 0.1) is 0 Å². The lowest BCUT2D eigenvalue weighted by molar-refractivity contribution is -0.142. The van der Waals surface area contributed by atoms with Crippen LogP contribution in [0, 0.1) is 19.8 Å². The van der Waals surface area contributed by atoms with E-state index in [2.05, 4.69) is 0 Å². The number of carboxylic acid groups (broad SMARTS) is 1. The van der Waals surface area contributed by atoms with E-state index in [0.29, 0.717) is 12.1 Å². The Labute approximate surface area is 113 Å². The van der Waals surface area contributed by atoms with E-state index in [1.54, 1.807) is 6.07 Å². The fourth-order valence-corrected chi connectivity index (χ4v) is 2.69. The minimum Gasteiger partial charge on any atom is -0.480 e. The highest BCUT2D eigenvalue weighted by molar-refractivity contribution is 5.98. The first-order valence-corrected chi connectivity index (χ1v) is 6.53. The van der Waals surface area contributed by atoms with Gasteiger partial charge in [-0.15, -0.1) is 0 Å². The molecule has 4 nitrogen and oxygen atoms in total. The van der Waals surface area contributed by atoms with Crippen molar-refractivity contribution in [1.82, 2.24) is 4.90 Å². The summed E-state index contributed by atoms with van der Waals surface area (Å²) in [4.78, 5) is 25.4. The van der Waals surface area contributed by atoms with Crippen molar-refractivity contribution in [3.63, 3.8) is 0 Å². The van der Waals surface area contributed by atoms with Gasteiger partial charge in [0.2, 0.25) is 0 Å². The van der Waals surface area contributed by atoms with Gasteiger partial charge in [-0.05, 0) is 43.4 Å². The van der Waals surface area contributed by atoms with Crippen molar-refractivity contribution in [1.29, 1.82) is 0 Å².